The summed E-state index contributed by atoms with van der Waals surface area (Å²) in [6.45, 7) is 9.77. The van der Waals surface area contributed by atoms with Crippen LogP contribution in [0.15, 0.2) is 0 Å². The molecule has 0 bridgehead atoms. The van der Waals surface area contributed by atoms with Crippen molar-refractivity contribution in [2.24, 2.45) is 52.3 Å². The first kappa shape index (κ1) is 22.2. The van der Waals surface area contributed by atoms with Crippen molar-refractivity contribution >= 4 is 17.4 Å². The van der Waals surface area contributed by atoms with Gasteiger partial charge in [0, 0.05) is 18.2 Å². The van der Waals surface area contributed by atoms with Crippen molar-refractivity contribution in [2.75, 3.05) is 5.88 Å². The number of Topliss-reactive ketones (excluding diaryl/α,β-unsaturated/α-hetero) is 1. The molecule has 0 N–H and O–H groups in total. The Bertz CT molecular complexity index is 601. The molecule has 4 fully saturated rings. The van der Waals surface area contributed by atoms with Crippen molar-refractivity contribution in [3.05, 3.63) is 0 Å². The maximum atomic E-state index is 12.3. The summed E-state index contributed by atoms with van der Waals surface area (Å²) < 4.78 is 0. The highest BCUT2D eigenvalue weighted by atomic mass is 35.5. The molecule has 0 aromatic rings. The summed E-state index contributed by atoms with van der Waals surface area (Å²) in [7, 11) is 0. The lowest BCUT2D eigenvalue weighted by molar-refractivity contribution is -0.123. The standard InChI is InChI=1S/C27H45ClO/c1-18(8-13-25(29)19(2)17-28)22-11-12-23-21-10-9-20-7-5-6-15-26(20,3)24(21)14-16-27(22,23)4/h18-24H,5-17H2,1-4H3/t18-,19?,20?,21+,22-,23+,24+,26+,27-/m1/s1. The van der Waals surface area contributed by atoms with Gasteiger partial charge in [0.2, 0.25) is 0 Å². The molecule has 0 spiro atoms. The molecule has 0 amide bonds. The van der Waals surface area contributed by atoms with Gasteiger partial charge < -0.3 is 0 Å². The SMILES string of the molecule is CC(CCl)C(=O)CC[C@@H](C)[C@H]1CC[C@H]2[C@@H]3CCC4CCCC[C@]4(C)[C@H]3CC[C@]12C. The number of fused-ring (bicyclic) bond motifs is 5. The summed E-state index contributed by atoms with van der Waals surface area (Å²) in [5, 5.41) is 0. The summed E-state index contributed by atoms with van der Waals surface area (Å²) in [5.74, 6) is 6.33. The van der Waals surface area contributed by atoms with Crippen LogP contribution in [-0.2, 0) is 4.79 Å². The molecule has 0 aliphatic heterocycles. The first-order valence-electron chi connectivity index (χ1n) is 12.9. The van der Waals surface area contributed by atoms with Crippen LogP contribution in [0.1, 0.15) is 105 Å². The number of carbonyl (C=O) groups is 1. The van der Waals surface area contributed by atoms with Gasteiger partial charge in [-0.3, -0.25) is 4.79 Å². The van der Waals surface area contributed by atoms with Crippen LogP contribution in [0.2, 0.25) is 0 Å². The van der Waals surface area contributed by atoms with E-state index < -0.39 is 0 Å². The monoisotopic (exact) mass is 420 g/mol. The second-order valence-corrected chi connectivity index (χ2v) is 12.5. The van der Waals surface area contributed by atoms with E-state index >= 15 is 0 Å². The highest BCUT2D eigenvalue weighted by Gasteiger charge is 2.60. The maximum Gasteiger partial charge on any atom is 0.136 e. The zero-order chi connectivity index (χ0) is 20.8. The Morgan fingerprint density at radius 1 is 0.931 bits per heavy atom. The van der Waals surface area contributed by atoms with Gasteiger partial charge in [0.15, 0.2) is 0 Å². The van der Waals surface area contributed by atoms with E-state index in [2.05, 4.69) is 20.8 Å². The largest absolute Gasteiger partial charge is 0.299 e. The molecule has 4 aliphatic carbocycles. The zero-order valence-corrected chi connectivity index (χ0v) is 20.3. The van der Waals surface area contributed by atoms with Crippen molar-refractivity contribution in [1.82, 2.24) is 0 Å². The Hall–Kier alpha value is -0.0400. The molecule has 2 heteroatoms. The van der Waals surface area contributed by atoms with Crippen molar-refractivity contribution in [3.63, 3.8) is 0 Å². The van der Waals surface area contributed by atoms with E-state index in [4.69, 9.17) is 11.6 Å². The zero-order valence-electron chi connectivity index (χ0n) is 19.5. The van der Waals surface area contributed by atoms with Crippen LogP contribution in [0.25, 0.3) is 0 Å². The molecular weight excluding hydrogens is 376 g/mol. The fourth-order valence-electron chi connectivity index (χ4n) is 9.17. The molecule has 166 valence electrons. The molecule has 29 heavy (non-hydrogen) atoms. The van der Waals surface area contributed by atoms with Crippen LogP contribution >= 0.6 is 11.6 Å². The predicted molar refractivity (Wildman–Crippen MR) is 123 cm³/mol. The fourth-order valence-corrected chi connectivity index (χ4v) is 9.35. The van der Waals surface area contributed by atoms with E-state index in [1.54, 1.807) is 0 Å². The van der Waals surface area contributed by atoms with Crippen LogP contribution in [0, 0.1) is 52.3 Å². The quantitative estimate of drug-likeness (QED) is 0.399. The van der Waals surface area contributed by atoms with Crippen molar-refractivity contribution in [2.45, 2.75) is 105 Å². The van der Waals surface area contributed by atoms with Gasteiger partial charge in [-0.15, -0.1) is 11.6 Å². The number of ketones is 1. The molecule has 4 rings (SSSR count). The average molecular weight is 421 g/mol. The number of carbonyl (C=O) groups excluding carboxylic acids is 1. The summed E-state index contributed by atoms with van der Waals surface area (Å²) in [4.78, 5) is 12.3. The van der Waals surface area contributed by atoms with Crippen molar-refractivity contribution < 1.29 is 4.79 Å². The fraction of sp³-hybridized carbons (Fsp3) is 0.963. The highest BCUT2D eigenvalue weighted by molar-refractivity contribution is 6.19. The van der Waals surface area contributed by atoms with E-state index in [9.17, 15) is 4.79 Å². The molecular formula is C27H45ClO. The lowest BCUT2D eigenvalue weighted by atomic mass is 9.44. The Morgan fingerprint density at radius 2 is 1.69 bits per heavy atom. The lowest BCUT2D eigenvalue weighted by Gasteiger charge is -2.61. The molecule has 0 heterocycles. The number of rotatable bonds is 6. The first-order chi connectivity index (χ1) is 13.8. The van der Waals surface area contributed by atoms with Crippen molar-refractivity contribution in [3.8, 4) is 0 Å². The average Bonchev–Trinajstić information content (AvgIpc) is 3.08. The number of alkyl halides is 1. The van der Waals surface area contributed by atoms with Gasteiger partial charge in [0.25, 0.3) is 0 Å². The van der Waals surface area contributed by atoms with Crippen LogP contribution in [-0.4, -0.2) is 11.7 Å². The lowest BCUT2D eigenvalue weighted by Crippen LogP contribution is -2.53. The van der Waals surface area contributed by atoms with Gasteiger partial charge in [-0.2, -0.15) is 0 Å². The third-order valence-corrected chi connectivity index (χ3v) is 11.4. The third-order valence-electron chi connectivity index (χ3n) is 11.0. The van der Waals surface area contributed by atoms with Crippen molar-refractivity contribution in [1.29, 1.82) is 0 Å². The van der Waals surface area contributed by atoms with Crippen LogP contribution < -0.4 is 0 Å². The molecule has 4 aliphatic rings. The maximum absolute atomic E-state index is 12.3. The normalized spacial score (nSPS) is 46.3. The summed E-state index contributed by atoms with van der Waals surface area (Å²) in [6.07, 6.45) is 16.6. The molecule has 2 unspecified atom stereocenters. The molecule has 0 saturated heterocycles. The summed E-state index contributed by atoms with van der Waals surface area (Å²) in [6, 6.07) is 0. The third kappa shape index (κ3) is 3.74. The van der Waals surface area contributed by atoms with E-state index in [1.807, 2.05) is 6.92 Å². The van der Waals surface area contributed by atoms with E-state index in [0.717, 1.165) is 42.4 Å². The Kier molecular flexibility index (Phi) is 6.48. The van der Waals surface area contributed by atoms with Gasteiger partial charge in [-0.25, -0.2) is 0 Å². The van der Waals surface area contributed by atoms with E-state index in [0.29, 0.717) is 28.4 Å². The molecule has 9 atom stereocenters. The molecule has 4 saturated carbocycles. The Morgan fingerprint density at radius 3 is 2.45 bits per heavy atom. The van der Waals surface area contributed by atoms with Crippen LogP contribution in [0.4, 0.5) is 0 Å². The van der Waals surface area contributed by atoms with Gasteiger partial charge in [-0.1, -0.05) is 40.5 Å². The van der Waals surface area contributed by atoms with E-state index in [1.165, 1.54) is 64.2 Å². The minimum Gasteiger partial charge on any atom is -0.299 e. The Balaban J connectivity index is 1.44. The number of halogens is 1. The molecule has 1 nitrogen and oxygen atoms in total. The highest BCUT2D eigenvalue weighted by Crippen LogP contribution is 2.68. The van der Waals surface area contributed by atoms with Crippen LogP contribution in [0.3, 0.4) is 0 Å². The van der Waals surface area contributed by atoms with Gasteiger partial charge in [0.1, 0.15) is 5.78 Å². The smallest absolute Gasteiger partial charge is 0.136 e. The second kappa shape index (κ2) is 8.48. The molecule has 0 aromatic carbocycles. The van der Waals surface area contributed by atoms with E-state index in [-0.39, 0.29) is 5.92 Å². The van der Waals surface area contributed by atoms with Gasteiger partial charge in [-0.05, 0) is 104 Å². The predicted octanol–water partition coefficient (Wildman–Crippen LogP) is 7.90. The van der Waals surface area contributed by atoms with Crippen LogP contribution in [0.5, 0.6) is 0 Å². The number of hydrogen-bond donors (Lipinski definition) is 0. The minimum atomic E-state index is 0.0256. The summed E-state index contributed by atoms with van der Waals surface area (Å²) >= 11 is 5.91. The molecule has 0 aromatic heterocycles. The molecule has 0 radical (unpaired) electrons. The summed E-state index contributed by atoms with van der Waals surface area (Å²) in [5.41, 5.74) is 1.18. The van der Waals surface area contributed by atoms with Gasteiger partial charge >= 0.3 is 0 Å². The topological polar surface area (TPSA) is 17.1 Å². The first-order valence-corrected chi connectivity index (χ1v) is 13.4. The second-order valence-electron chi connectivity index (χ2n) is 12.2. The van der Waals surface area contributed by atoms with Gasteiger partial charge in [0.05, 0.1) is 0 Å². The Labute approximate surface area is 185 Å². The minimum absolute atomic E-state index is 0.0256. The number of hydrogen-bond acceptors (Lipinski definition) is 1.